The number of amides is 1. The summed E-state index contributed by atoms with van der Waals surface area (Å²) in [6.07, 6.45) is 0.723. The molecule has 5 heteroatoms. The SMILES string of the molecule is C=CCOC(=O)Nc1cc(F)ccc1N. The monoisotopic (exact) mass is 210 g/mol. The molecule has 1 aromatic rings. The summed E-state index contributed by atoms with van der Waals surface area (Å²) in [6, 6.07) is 3.68. The van der Waals surface area contributed by atoms with Crippen molar-refractivity contribution < 1.29 is 13.9 Å². The molecule has 0 fully saturated rings. The van der Waals surface area contributed by atoms with Crippen molar-refractivity contribution in [3.63, 3.8) is 0 Å². The molecule has 1 rings (SSSR count). The van der Waals surface area contributed by atoms with Crippen LogP contribution in [0, 0.1) is 5.82 Å². The molecule has 0 unspecified atom stereocenters. The fraction of sp³-hybridized carbons (Fsp3) is 0.100. The zero-order valence-corrected chi connectivity index (χ0v) is 8.00. The minimum atomic E-state index is -0.702. The molecular formula is C10H11FN2O2. The van der Waals surface area contributed by atoms with Gasteiger partial charge in [0.1, 0.15) is 12.4 Å². The van der Waals surface area contributed by atoms with E-state index >= 15 is 0 Å². The van der Waals surface area contributed by atoms with Crippen LogP contribution in [-0.2, 0) is 4.74 Å². The number of hydrogen-bond acceptors (Lipinski definition) is 3. The fourth-order valence-corrected chi connectivity index (χ4v) is 0.917. The van der Waals surface area contributed by atoms with Crippen molar-refractivity contribution in [3.8, 4) is 0 Å². The summed E-state index contributed by atoms with van der Waals surface area (Å²) < 4.78 is 17.4. The Balaban J connectivity index is 2.67. The first-order valence-electron chi connectivity index (χ1n) is 4.23. The van der Waals surface area contributed by atoms with Crippen molar-refractivity contribution in [1.29, 1.82) is 0 Å². The average molecular weight is 210 g/mol. The number of carbonyl (C=O) groups excluding carboxylic acids is 1. The van der Waals surface area contributed by atoms with Crippen LogP contribution in [0.5, 0.6) is 0 Å². The molecule has 0 aliphatic rings. The third kappa shape index (κ3) is 3.30. The molecule has 0 spiro atoms. The second-order valence-corrected chi connectivity index (χ2v) is 2.74. The van der Waals surface area contributed by atoms with Gasteiger partial charge in [-0.1, -0.05) is 12.7 Å². The first-order chi connectivity index (χ1) is 7.13. The molecule has 0 aliphatic carbocycles. The quantitative estimate of drug-likeness (QED) is 0.593. The van der Waals surface area contributed by atoms with Crippen molar-refractivity contribution in [2.75, 3.05) is 17.7 Å². The predicted octanol–water partition coefficient (Wildman–Crippen LogP) is 2.14. The number of benzene rings is 1. The number of hydrogen-bond donors (Lipinski definition) is 2. The van der Waals surface area contributed by atoms with Gasteiger partial charge in [-0.15, -0.1) is 0 Å². The normalized spacial score (nSPS) is 9.40. The maximum atomic E-state index is 12.8. The molecule has 15 heavy (non-hydrogen) atoms. The Morgan fingerprint density at radius 1 is 1.67 bits per heavy atom. The third-order valence-electron chi connectivity index (χ3n) is 1.58. The van der Waals surface area contributed by atoms with Gasteiger partial charge >= 0.3 is 6.09 Å². The van der Waals surface area contributed by atoms with Gasteiger partial charge in [-0.2, -0.15) is 0 Å². The highest BCUT2D eigenvalue weighted by Crippen LogP contribution is 2.19. The highest BCUT2D eigenvalue weighted by molar-refractivity contribution is 5.88. The minimum absolute atomic E-state index is 0.0844. The number of carbonyl (C=O) groups is 1. The van der Waals surface area contributed by atoms with Gasteiger partial charge in [0.2, 0.25) is 0 Å². The number of rotatable bonds is 3. The van der Waals surface area contributed by atoms with Crippen LogP contribution in [0.25, 0.3) is 0 Å². The van der Waals surface area contributed by atoms with Gasteiger partial charge in [-0.05, 0) is 18.2 Å². The molecule has 4 nitrogen and oxygen atoms in total. The highest BCUT2D eigenvalue weighted by Gasteiger charge is 2.06. The number of halogens is 1. The van der Waals surface area contributed by atoms with E-state index in [0.717, 1.165) is 6.07 Å². The van der Waals surface area contributed by atoms with Crippen LogP contribution in [0.2, 0.25) is 0 Å². The largest absolute Gasteiger partial charge is 0.445 e. The van der Waals surface area contributed by atoms with Gasteiger partial charge in [-0.3, -0.25) is 5.32 Å². The highest BCUT2D eigenvalue weighted by atomic mass is 19.1. The van der Waals surface area contributed by atoms with Crippen molar-refractivity contribution in [1.82, 2.24) is 0 Å². The molecule has 0 aliphatic heterocycles. The van der Waals surface area contributed by atoms with E-state index in [0.29, 0.717) is 0 Å². The molecule has 0 heterocycles. The van der Waals surface area contributed by atoms with Gasteiger partial charge < -0.3 is 10.5 Å². The summed E-state index contributed by atoms with van der Waals surface area (Å²) in [5.41, 5.74) is 5.96. The lowest BCUT2D eigenvalue weighted by molar-refractivity contribution is 0.174. The summed E-state index contributed by atoms with van der Waals surface area (Å²) in [5.74, 6) is -0.483. The van der Waals surface area contributed by atoms with Gasteiger partial charge in [0, 0.05) is 0 Å². The summed E-state index contributed by atoms with van der Waals surface area (Å²) in [4.78, 5) is 11.1. The molecule has 0 saturated heterocycles. The van der Waals surface area contributed by atoms with Crippen molar-refractivity contribution >= 4 is 17.5 Å². The molecule has 1 aromatic carbocycles. The average Bonchev–Trinajstić information content (AvgIpc) is 2.20. The summed E-state index contributed by atoms with van der Waals surface area (Å²) >= 11 is 0. The van der Waals surface area contributed by atoms with E-state index in [-0.39, 0.29) is 18.0 Å². The van der Waals surface area contributed by atoms with Gasteiger partial charge in [0.25, 0.3) is 0 Å². The van der Waals surface area contributed by atoms with E-state index in [1.165, 1.54) is 18.2 Å². The van der Waals surface area contributed by atoms with Crippen molar-refractivity contribution in [2.45, 2.75) is 0 Å². The Morgan fingerprint density at radius 3 is 3.07 bits per heavy atom. The fourth-order valence-electron chi connectivity index (χ4n) is 0.917. The summed E-state index contributed by atoms with van der Waals surface area (Å²) in [7, 11) is 0. The van der Waals surface area contributed by atoms with Gasteiger partial charge in [0.15, 0.2) is 0 Å². The maximum Gasteiger partial charge on any atom is 0.412 e. The molecule has 3 N–H and O–H groups in total. The van der Waals surface area contributed by atoms with E-state index in [2.05, 4.69) is 16.6 Å². The molecule has 0 aromatic heterocycles. The summed E-state index contributed by atoms with van der Waals surface area (Å²) in [6.45, 7) is 3.47. The second kappa shape index (κ2) is 4.99. The molecule has 0 bridgehead atoms. The number of nitrogens with two attached hydrogens (primary N) is 1. The Bertz CT molecular complexity index is 380. The lowest BCUT2D eigenvalue weighted by Gasteiger charge is -2.07. The van der Waals surface area contributed by atoms with E-state index in [1.807, 2.05) is 0 Å². The molecule has 0 saturated carbocycles. The zero-order valence-electron chi connectivity index (χ0n) is 8.00. The minimum Gasteiger partial charge on any atom is -0.445 e. The topological polar surface area (TPSA) is 64.3 Å². The van der Waals surface area contributed by atoms with E-state index in [1.54, 1.807) is 0 Å². The van der Waals surface area contributed by atoms with E-state index in [9.17, 15) is 9.18 Å². The molecule has 80 valence electrons. The first-order valence-corrected chi connectivity index (χ1v) is 4.23. The van der Waals surface area contributed by atoms with Gasteiger partial charge in [-0.25, -0.2) is 9.18 Å². The number of nitrogens with one attached hydrogen (secondary N) is 1. The van der Waals surface area contributed by atoms with Crippen molar-refractivity contribution in [2.24, 2.45) is 0 Å². The smallest absolute Gasteiger partial charge is 0.412 e. The van der Waals surface area contributed by atoms with Crippen LogP contribution in [0.15, 0.2) is 30.9 Å². The third-order valence-corrected chi connectivity index (χ3v) is 1.58. The number of ether oxygens (including phenoxy) is 1. The number of nitrogen functional groups attached to an aromatic ring is 1. The molecule has 1 amide bonds. The second-order valence-electron chi connectivity index (χ2n) is 2.74. The first kappa shape index (κ1) is 11.0. The Morgan fingerprint density at radius 2 is 2.40 bits per heavy atom. The Hall–Kier alpha value is -2.04. The van der Waals surface area contributed by atoms with E-state index < -0.39 is 11.9 Å². The standard InChI is InChI=1S/C10H11FN2O2/c1-2-5-15-10(14)13-9-6-7(11)3-4-8(9)12/h2-4,6H,1,5,12H2,(H,13,14). The number of anilines is 2. The van der Waals surface area contributed by atoms with Crippen molar-refractivity contribution in [3.05, 3.63) is 36.7 Å². The Labute approximate surface area is 86.5 Å². The Kier molecular flexibility index (Phi) is 3.68. The maximum absolute atomic E-state index is 12.8. The predicted molar refractivity (Wildman–Crippen MR) is 56.0 cm³/mol. The summed E-state index contributed by atoms with van der Waals surface area (Å²) in [5, 5.41) is 2.31. The van der Waals surface area contributed by atoms with Crippen LogP contribution in [0.3, 0.4) is 0 Å². The lowest BCUT2D eigenvalue weighted by atomic mass is 10.2. The van der Waals surface area contributed by atoms with E-state index in [4.69, 9.17) is 5.73 Å². The molecule has 0 radical (unpaired) electrons. The molecule has 0 atom stereocenters. The van der Waals surface area contributed by atoms with Crippen LogP contribution in [0.4, 0.5) is 20.6 Å². The van der Waals surface area contributed by atoms with Crippen LogP contribution < -0.4 is 11.1 Å². The zero-order chi connectivity index (χ0) is 11.3. The lowest BCUT2D eigenvalue weighted by Crippen LogP contribution is -2.14. The van der Waals surface area contributed by atoms with Crippen LogP contribution >= 0.6 is 0 Å². The van der Waals surface area contributed by atoms with Gasteiger partial charge in [0.05, 0.1) is 11.4 Å². The van der Waals surface area contributed by atoms with Crippen LogP contribution in [0.1, 0.15) is 0 Å². The van der Waals surface area contributed by atoms with Crippen LogP contribution in [-0.4, -0.2) is 12.7 Å². The molecular weight excluding hydrogens is 199 g/mol.